The van der Waals surface area contributed by atoms with Gasteiger partial charge in [-0.25, -0.2) is 4.79 Å². The van der Waals surface area contributed by atoms with Crippen molar-refractivity contribution >= 4 is 39.2 Å². The molecule has 7 heteroatoms. The number of urea groups is 1. The molecule has 0 saturated carbocycles. The van der Waals surface area contributed by atoms with Gasteiger partial charge in [-0.1, -0.05) is 22.0 Å². The Morgan fingerprint density at radius 1 is 1.00 bits per heavy atom. The van der Waals surface area contributed by atoms with Crippen LogP contribution in [0.15, 0.2) is 46.9 Å². The molecule has 0 aliphatic carbocycles. The minimum Gasteiger partial charge on any atom is -0.366 e. The zero-order valence-electron chi connectivity index (χ0n) is 11.6. The molecule has 2 aromatic rings. The normalized spacial score (nSPS) is 10.1. The van der Waals surface area contributed by atoms with Crippen LogP contribution in [0, 0.1) is 0 Å². The minimum absolute atomic E-state index is 0.382. The Balaban J connectivity index is 2.00. The molecule has 0 radical (unpaired) electrons. The summed E-state index contributed by atoms with van der Waals surface area (Å²) in [5.41, 5.74) is 13.3. The second-order valence-corrected chi connectivity index (χ2v) is 5.39. The number of rotatable bonds is 4. The van der Waals surface area contributed by atoms with Gasteiger partial charge in [0.15, 0.2) is 0 Å². The first kappa shape index (κ1) is 16.0. The van der Waals surface area contributed by atoms with Crippen molar-refractivity contribution in [2.24, 2.45) is 11.5 Å². The van der Waals surface area contributed by atoms with Crippen molar-refractivity contribution in [3.63, 3.8) is 0 Å². The Labute approximate surface area is 136 Å². The van der Waals surface area contributed by atoms with Crippen LogP contribution in [0.5, 0.6) is 0 Å². The van der Waals surface area contributed by atoms with Gasteiger partial charge in [0.1, 0.15) is 0 Å². The van der Waals surface area contributed by atoms with E-state index in [1.807, 2.05) is 6.07 Å². The molecule has 0 unspecified atom stereocenters. The summed E-state index contributed by atoms with van der Waals surface area (Å²) in [6.07, 6.45) is 0. The van der Waals surface area contributed by atoms with Crippen molar-refractivity contribution in [1.29, 1.82) is 0 Å². The number of hydrogen-bond donors (Lipinski definition) is 4. The summed E-state index contributed by atoms with van der Waals surface area (Å²) >= 11 is 3.39. The van der Waals surface area contributed by atoms with Gasteiger partial charge in [-0.15, -0.1) is 0 Å². The van der Waals surface area contributed by atoms with Crippen LogP contribution in [0.1, 0.15) is 15.9 Å². The number of benzene rings is 2. The molecule has 0 spiro atoms. The molecule has 2 aromatic carbocycles. The van der Waals surface area contributed by atoms with Gasteiger partial charge >= 0.3 is 6.03 Å². The molecule has 3 amide bonds. The smallest absolute Gasteiger partial charge is 0.323 e. The summed E-state index contributed by atoms with van der Waals surface area (Å²) < 4.78 is 0.832. The number of anilines is 2. The molecule has 114 valence electrons. The summed E-state index contributed by atoms with van der Waals surface area (Å²) in [7, 11) is 0. The highest BCUT2D eigenvalue weighted by Crippen LogP contribution is 2.21. The number of nitrogens with two attached hydrogens (primary N) is 2. The molecule has 0 aliphatic rings. The highest BCUT2D eigenvalue weighted by atomic mass is 79.9. The third kappa shape index (κ3) is 4.06. The minimum atomic E-state index is -0.513. The molecule has 0 aliphatic heterocycles. The van der Waals surface area contributed by atoms with Crippen LogP contribution < -0.4 is 22.1 Å². The number of hydrogen-bond acceptors (Lipinski definition) is 3. The third-order valence-corrected chi connectivity index (χ3v) is 3.70. The van der Waals surface area contributed by atoms with Crippen molar-refractivity contribution in [1.82, 2.24) is 0 Å². The van der Waals surface area contributed by atoms with E-state index in [1.165, 1.54) is 0 Å². The van der Waals surface area contributed by atoms with Crippen LogP contribution in [0.2, 0.25) is 0 Å². The van der Waals surface area contributed by atoms with Crippen LogP contribution in [0.3, 0.4) is 0 Å². The molecule has 22 heavy (non-hydrogen) atoms. The molecule has 6 nitrogen and oxygen atoms in total. The molecule has 0 heterocycles. The Hall–Kier alpha value is -2.38. The van der Waals surface area contributed by atoms with E-state index in [-0.39, 0.29) is 6.03 Å². The van der Waals surface area contributed by atoms with Gasteiger partial charge in [0.25, 0.3) is 0 Å². The quantitative estimate of drug-likeness (QED) is 0.670. The molecule has 6 N–H and O–H groups in total. The average Bonchev–Trinajstić information content (AvgIpc) is 2.48. The lowest BCUT2D eigenvalue weighted by Gasteiger charge is -2.09. The molecular formula is C15H15BrN4O2. The number of halogens is 1. The second kappa shape index (κ2) is 7.06. The van der Waals surface area contributed by atoms with E-state index in [0.717, 1.165) is 10.0 Å². The zero-order valence-corrected chi connectivity index (χ0v) is 13.2. The molecular weight excluding hydrogens is 348 g/mol. The first-order valence-corrected chi connectivity index (χ1v) is 7.25. The largest absolute Gasteiger partial charge is 0.366 e. The standard InChI is InChI=1S/C15H15BrN4O2/c16-13-7-12(6-3-10(13)8-17)20-15(22)19-11-4-1-9(2-5-11)14(18)21/h1-7H,8,17H2,(H2,18,21)(H2,19,20,22). The fourth-order valence-corrected chi connectivity index (χ4v) is 2.34. The lowest BCUT2D eigenvalue weighted by molar-refractivity contribution is 0.100. The van der Waals surface area contributed by atoms with Crippen LogP contribution in [0.4, 0.5) is 16.2 Å². The van der Waals surface area contributed by atoms with Gasteiger partial charge in [0.05, 0.1) is 0 Å². The Morgan fingerprint density at radius 3 is 2.14 bits per heavy atom. The second-order valence-electron chi connectivity index (χ2n) is 4.53. The van der Waals surface area contributed by atoms with Crippen molar-refractivity contribution in [3.05, 3.63) is 58.1 Å². The Morgan fingerprint density at radius 2 is 1.59 bits per heavy atom. The van der Waals surface area contributed by atoms with E-state index in [9.17, 15) is 9.59 Å². The maximum Gasteiger partial charge on any atom is 0.323 e. The molecule has 0 atom stereocenters. The monoisotopic (exact) mass is 362 g/mol. The van der Waals surface area contributed by atoms with E-state index in [1.54, 1.807) is 36.4 Å². The van der Waals surface area contributed by atoms with E-state index in [0.29, 0.717) is 23.5 Å². The van der Waals surface area contributed by atoms with Gasteiger partial charge in [-0.05, 0) is 42.0 Å². The first-order valence-electron chi connectivity index (χ1n) is 6.46. The van der Waals surface area contributed by atoms with Crippen LogP contribution in [-0.4, -0.2) is 11.9 Å². The van der Waals surface area contributed by atoms with Crippen molar-refractivity contribution in [3.8, 4) is 0 Å². The molecule has 2 rings (SSSR count). The van der Waals surface area contributed by atoms with E-state index in [4.69, 9.17) is 11.5 Å². The van der Waals surface area contributed by atoms with E-state index < -0.39 is 5.91 Å². The van der Waals surface area contributed by atoms with Crippen molar-refractivity contribution in [2.75, 3.05) is 10.6 Å². The summed E-state index contributed by atoms with van der Waals surface area (Å²) in [6, 6.07) is 11.3. The molecule has 0 fully saturated rings. The van der Waals surface area contributed by atoms with Gasteiger partial charge in [-0.3, -0.25) is 4.79 Å². The van der Waals surface area contributed by atoms with Gasteiger partial charge in [0.2, 0.25) is 5.91 Å². The number of amides is 3. The number of carbonyl (C=O) groups excluding carboxylic acids is 2. The highest BCUT2D eigenvalue weighted by Gasteiger charge is 2.06. The fourth-order valence-electron chi connectivity index (χ4n) is 1.80. The Kier molecular flexibility index (Phi) is 5.13. The maximum atomic E-state index is 11.9. The SMILES string of the molecule is NCc1ccc(NC(=O)Nc2ccc(C(N)=O)cc2)cc1Br. The van der Waals surface area contributed by atoms with Crippen LogP contribution in [-0.2, 0) is 6.54 Å². The summed E-state index contributed by atoms with van der Waals surface area (Å²) in [4.78, 5) is 22.9. The summed E-state index contributed by atoms with van der Waals surface area (Å²) in [5.74, 6) is -0.513. The Bertz CT molecular complexity index is 701. The number of nitrogens with one attached hydrogen (secondary N) is 2. The van der Waals surface area contributed by atoms with E-state index >= 15 is 0 Å². The van der Waals surface area contributed by atoms with Crippen LogP contribution in [0.25, 0.3) is 0 Å². The predicted octanol–water partition coefficient (Wildman–Crippen LogP) is 2.65. The summed E-state index contributed by atoms with van der Waals surface area (Å²) in [6.45, 7) is 0.416. The van der Waals surface area contributed by atoms with Gasteiger partial charge in [-0.2, -0.15) is 0 Å². The third-order valence-electron chi connectivity index (χ3n) is 2.96. The maximum absolute atomic E-state index is 11.9. The number of carbonyl (C=O) groups is 2. The van der Waals surface area contributed by atoms with E-state index in [2.05, 4.69) is 26.6 Å². The zero-order chi connectivity index (χ0) is 16.1. The molecule has 0 bridgehead atoms. The van der Waals surface area contributed by atoms with Crippen molar-refractivity contribution in [2.45, 2.75) is 6.54 Å². The summed E-state index contributed by atoms with van der Waals surface area (Å²) in [5, 5.41) is 5.37. The average molecular weight is 363 g/mol. The molecule has 0 aromatic heterocycles. The highest BCUT2D eigenvalue weighted by molar-refractivity contribution is 9.10. The molecule has 0 saturated heterocycles. The van der Waals surface area contributed by atoms with Gasteiger partial charge < -0.3 is 22.1 Å². The topological polar surface area (TPSA) is 110 Å². The lowest BCUT2D eigenvalue weighted by Crippen LogP contribution is -2.19. The van der Waals surface area contributed by atoms with Gasteiger partial charge in [0, 0.05) is 28.0 Å². The van der Waals surface area contributed by atoms with Crippen LogP contribution >= 0.6 is 15.9 Å². The lowest BCUT2D eigenvalue weighted by atomic mass is 10.2. The number of primary amides is 1. The fraction of sp³-hybridized carbons (Fsp3) is 0.0667. The van der Waals surface area contributed by atoms with Crippen molar-refractivity contribution < 1.29 is 9.59 Å². The first-order chi connectivity index (χ1) is 10.5. The predicted molar refractivity (Wildman–Crippen MR) is 89.6 cm³/mol.